The number of pyridine rings is 1. The minimum absolute atomic E-state index is 0.00262. The van der Waals surface area contributed by atoms with Crippen molar-refractivity contribution in [1.82, 2.24) is 4.98 Å². The van der Waals surface area contributed by atoms with Gasteiger partial charge in [0.15, 0.2) is 5.78 Å². The lowest BCUT2D eigenvalue weighted by Gasteiger charge is -2.13. The minimum atomic E-state index is -0.474. The highest BCUT2D eigenvalue weighted by atomic mass is 16.6. The summed E-state index contributed by atoms with van der Waals surface area (Å²) in [6.45, 7) is 7.58. The largest absolute Gasteiger partial charge is 0.295 e. The molecule has 118 valence electrons. The van der Waals surface area contributed by atoms with Crippen LogP contribution in [0.1, 0.15) is 36.2 Å². The predicted molar refractivity (Wildman–Crippen MR) is 90.2 cm³/mol. The zero-order valence-electron chi connectivity index (χ0n) is 13.2. The molecule has 0 saturated carbocycles. The van der Waals surface area contributed by atoms with Crippen molar-refractivity contribution in [2.24, 2.45) is 5.92 Å². The van der Waals surface area contributed by atoms with E-state index in [0.717, 1.165) is 6.42 Å². The Morgan fingerprint density at radius 3 is 2.74 bits per heavy atom. The molecule has 0 amide bonds. The molecule has 5 heteroatoms. The van der Waals surface area contributed by atoms with E-state index in [-0.39, 0.29) is 23.1 Å². The minimum Gasteiger partial charge on any atom is -0.294 e. The second-order valence-corrected chi connectivity index (χ2v) is 5.27. The molecule has 0 aliphatic carbocycles. The van der Waals surface area contributed by atoms with Gasteiger partial charge in [0, 0.05) is 29.3 Å². The van der Waals surface area contributed by atoms with Gasteiger partial charge in [-0.25, -0.2) is 4.98 Å². The van der Waals surface area contributed by atoms with Gasteiger partial charge in [0.25, 0.3) is 5.69 Å². The molecule has 1 atom stereocenters. The molecule has 1 aromatic carbocycles. The van der Waals surface area contributed by atoms with Gasteiger partial charge < -0.3 is 0 Å². The summed E-state index contributed by atoms with van der Waals surface area (Å²) in [6.07, 6.45) is 3.78. The maximum Gasteiger partial charge on any atom is 0.295 e. The smallest absolute Gasteiger partial charge is 0.294 e. The van der Waals surface area contributed by atoms with E-state index < -0.39 is 4.92 Å². The van der Waals surface area contributed by atoms with Gasteiger partial charge in [-0.05, 0) is 18.1 Å². The van der Waals surface area contributed by atoms with Crippen molar-refractivity contribution in [2.45, 2.75) is 20.3 Å². The Labute approximate surface area is 134 Å². The van der Waals surface area contributed by atoms with E-state index in [4.69, 9.17) is 0 Å². The molecule has 0 N–H and O–H groups in total. The van der Waals surface area contributed by atoms with Gasteiger partial charge in [-0.3, -0.25) is 14.9 Å². The average molecular weight is 310 g/mol. The van der Waals surface area contributed by atoms with E-state index in [0.29, 0.717) is 16.7 Å². The van der Waals surface area contributed by atoms with Crippen LogP contribution < -0.4 is 0 Å². The SMILES string of the molecule is C=Cc1c(C(=O)C(C)CC)cccc1-c1ncccc1[N+](=O)[O-]. The lowest BCUT2D eigenvalue weighted by atomic mass is 9.90. The molecule has 0 aliphatic heterocycles. The van der Waals surface area contributed by atoms with Crippen molar-refractivity contribution in [3.05, 3.63) is 64.3 Å². The Hall–Kier alpha value is -2.82. The number of nitrogens with zero attached hydrogens (tertiary/aromatic N) is 2. The first-order valence-corrected chi connectivity index (χ1v) is 7.40. The maximum atomic E-state index is 12.6. The van der Waals surface area contributed by atoms with Crippen LogP contribution in [0.5, 0.6) is 0 Å². The van der Waals surface area contributed by atoms with Crippen molar-refractivity contribution < 1.29 is 9.72 Å². The molecule has 0 radical (unpaired) electrons. The molecule has 23 heavy (non-hydrogen) atoms. The lowest BCUT2D eigenvalue weighted by molar-refractivity contribution is -0.384. The van der Waals surface area contributed by atoms with Gasteiger partial charge in [-0.2, -0.15) is 0 Å². The highest BCUT2D eigenvalue weighted by molar-refractivity contribution is 6.03. The van der Waals surface area contributed by atoms with Crippen molar-refractivity contribution >= 4 is 17.5 Å². The number of carbonyl (C=O) groups excluding carboxylic acids is 1. The Kier molecular flexibility index (Phi) is 5.01. The van der Waals surface area contributed by atoms with Gasteiger partial charge >= 0.3 is 0 Å². The average Bonchev–Trinajstić information content (AvgIpc) is 2.59. The summed E-state index contributed by atoms with van der Waals surface area (Å²) < 4.78 is 0. The molecule has 2 aromatic rings. The second kappa shape index (κ2) is 6.96. The van der Waals surface area contributed by atoms with Crippen molar-refractivity contribution in [3.63, 3.8) is 0 Å². The molecule has 2 rings (SSSR count). The fraction of sp³-hybridized carbons (Fsp3) is 0.222. The third kappa shape index (κ3) is 3.18. The molecule has 0 fully saturated rings. The third-order valence-corrected chi connectivity index (χ3v) is 3.87. The number of aromatic nitrogens is 1. The van der Waals surface area contributed by atoms with Crippen LogP contribution in [0.4, 0.5) is 5.69 Å². The van der Waals surface area contributed by atoms with Crippen molar-refractivity contribution in [3.8, 4) is 11.3 Å². The maximum absolute atomic E-state index is 12.6. The van der Waals surface area contributed by atoms with E-state index in [2.05, 4.69) is 11.6 Å². The summed E-state index contributed by atoms with van der Waals surface area (Å²) in [6, 6.07) is 8.08. The molecule has 1 heterocycles. The number of nitro groups is 1. The van der Waals surface area contributed by atoms with Gasteiger partial charge in [0.1, 0.15) is 5.69 Å². The summed E-state index contributed by atoms with van der Waals surface area (Å²) in [5.74, 6) is -0.120. The Balaban J connectivity index is 2.69. The van der Waals surface area contributed by atoms with Crippen LogP contribution in [0.25, 0.3) is 17.3 Å². The number of benzene rings is 1. The first-order valence-electron chi connectivity index (χ1n) is 7.40. The second-order valence-electron chi connectivity index (χ2n) is 5.27. The Bertz CT molecular complexity index is 769. The van der Waals surface area contributed by atoms with Gasteiger partial charge in [-0.1, -0.05) is 44.7 Å². The molecule has 1 aromatic heterocycles. The standard InChI is InChI=1S/C18H18N2O3/c1-4-12(3)18(21)15-9-6-8-14(13(15)5-2)17-16(20(22)23)10-7-11-19-17/h5-12H,2,4H2,1,3H3. The summed E-state index contributed by atoms with van der Waals surface area (Å²) >= 11 is 0. The summed E-state index contributed by atoms with van der Waals surface area (Å²) in [7, 11) is 0. The molecule has 5 nitrogen and oxygen atoms in total. The summed E-state index contributed by atoms with van der Waals surface area (Å²) in [5, 5.41) is 11.2. The molecular weight excluding hydrogens is 292 g/mol. The first-order chi connectivity index (χ1) is 11.0. The monoisotopic (exact) mass is 310 g/mol. The van der Waals surface area contributed by atoms with Crippen molar-refractivity contribution in [2.75, 3.05) is 0 Å². The lowest BCUT2D eigenvalue weighted by Crippen LogP contribution is -2.12. The van der Waals surface area contributed by atoms with Crippen LogP contribution in [0.2, 0.25) is 0 Å². The van der Waals surface area contributed by atoms with Crippen LogP contribution in [-0.4, -0.2) is 15.7 Å². The van der Waals surface area contributed by atoms with Crippen LogP contribution >= 0.6 is 0 Å². The van der Waals surface area contributed by atoms with Gasteiger partial charge in [0.05, 0.1) is 4.92 Å². The molecular formula is C18H18N2O3. The molecule has 0 saturated heterocycles. The molecule has 0 bridgehead atoms. The van der Waals surface area contributed by atoms with E-state index in [1.165, 1.54) is 18.3 Å². The van der Waals surface area contributed by atoms with Gasteiger partial charge in [0.2, 0.25) is 0 Å². The Morgan fingerprint density at radius 1 is 1.39 bits per heavy atom. The number of Topliss-reactive ketones (excluding diaryl/α,β-unsaturated/α-hetero) is 1. The highest BCUT2D eigenvalue weighted by Crippen LogP contribution is 2.33. The quantitative estimate of drug-likeness (QED) is 0.446. The number of carbonyl (C=O) groups is 1. The van der Waals surface area contributed by atoms with E-state index >= 15 is 0 Å². The molecule has 0 spiro atoms. The Morgan fingerprint density at radius 2 is 2.13 bits per heavy atom. The van der Waals surface area contributed by atoms with Crippen LogP contribution in [0.15, 0.2) is 43.1 Å². The fourth-order valence-corrected chi connectivity index (χ4v) is 2.41. The number of rotatable bonds is 6. The molecule has 1 unspecified atom stereocenters. The van der Waals surface area contributed by atoms with Crippen LogP contribution in [0, 0.1) is 16.0 Å². The molecule has 0 aliphatic rings. The third-order valence-electron chi connectivity index (χ3n) is 3.87. The topological polar surface area (TPSA) is 73.1 Å². The van der Waals surface area contributed by atoms with E-state index in [9.17, 15) is 14.9 Å². The summed E-state index contributed by atoms with van der Waals surface area (Å²) in [4.78, 5) is 27.5. The van der Waals surface area contributed by atoms with Crippen molar-refractivity contribution in [1.29, 1.82) is 0 Å². The van der Waals surface area contributed by atoms with Crippen LogP contribution in [0.3, 0.4) is 0 Å². The van der Waals surface area contributed by atoms with Gasteiger partial charge in [-0.15, -0.1) is 0 Å². The normalized spacial score (nSPS) is 11.7. The number of hydrogen-bond donors (Lipinski definition) is 0. The number of ketones is 1. The van der Waals surface area contributed by atoms with E-state index in [1.807, 2.05) is 13.8 Å². The zero-order chi connectivity index (χ0) is 17.0. The van der Waals surface area contributed by atoms with E-state index in [1.54, 1.807) is 24.3 Å². The summed E-state index contributed by atoms with van der Waals surface area (Å²) in [5.41, 5.74) is 1.79. The number of hydrogen-bond acceptors (Lipinski definition) is 4. The predicted octanol–water partition coefficient (Wildman–Crippen LogP) is 4.53. The zero-order valence-corrected chi connectivity index (χ0v) is 13.2. The first kappa shape index (κ1) is 16.5. The van der Waals surface area contributed by atoms with Crippen LogP contribution in [-0.2, 0) is 0 Å². The fourth-order valence-electron chi connectivity index (χ4n) is 2.41. The highest BCUT2D eigenvalue weighted by Gasteiger charge is 2.22.